The molecule has 6 heteroatoms. The Kier molecular flexibility index (Phi) is 6.17. The summed E-state index contributed by atoms with van der Waals surface area (Å²) in [5, 5.41) is 11.9. The van der Waals surface area contributed by atoms with Crippen LogP contribution in [0.25, 0.3) is 0 Å². The summed E-state index contributed by atoms with van der Waals surface area (Å²) in [4.78, 5) is 24.4. The second kappa shape index (κ2) is 8.13. The maximum atomic E-state index is 13.0. The molecule has 0 bridgehead atoms. The van der Waals surface area contributed by atoms with Gasteiger partial charge in [0.05, 0.1) is 5.92 Å². The molecule has 1 unspecified atom stereocenters. The molecule has 1 fully saturated rings. The van der Waals surface area contributed by atoms with Crippen molar-refractivity contribution >= 4 is 12.0 Å². The van der Waals surface area contributed by atoms with Crippen molar-refractivity contribution in [2.45, 2.75) is 44.6 Å². The number of hydrogen-bond acceptors (Lipinski definition) is 2. The van der Waals surface area contributed by atoms with Crippen molar-refractivity contribution in [1.82, 2.24) is 10.2 Å². The van der Waals surface area contributed by atoms with Gasteiger partial charge in [-0.3, -0.25) is 4.79 Å². The highest BCUT2D eigenvalue weighted by Crippen LogP contribution is 2.32. The monoisotopic (exact) mass is 336 g/mol. The largest absolute Gasteiger partial charge is 0.481 e. The molecule has 2 amide bonds. The van der Waals surface area contributed by atoms with Gasteiger partial charge in [-0.05, 0) is 49.3 Å². The lowest BCUT2D eigenvalue weighted by Crippen LogP contribution is -2.46. The molecule has 0 heterocycles. The Balaban J connectivity index is 1.79. The van der Waals surface area contributed by atoms with E-state index in [0.717, 1.165) is 31.2 Å². The third-order valence-corrected chi connectivity index (χ3v) is 4.71. The zero-order chi connectivity index (χ0) is 17.7. The molecule has 24 heavy (non-hydrogen) atoms. The molecule has 1 aliphatic rings. The van der Waals surface area contributed by atoms with Crippen LogP contribution in [0.15, 0.2) is 24.3 Å². The Labute approximate surface area is 141 Å². The molecule has 0 saturated heterocycles. The van der Waals surface area contributed by atoms with Crippen LogP contribution in [-0.2, 0) is 4.79 Å². The van der Waals surface area contributed by atoms with E-state index < -0.39 is 11.9 Å². The standard InChI is InChI=1S/C18H25FN2O3/c1-12(17(22)23)11-21(2)18(24)20-16-9-5-14(6-10-16)13-3-7-15(19)8-4-13/h3-4,7-8,12,14,16H,5-6,9-11H2,1-2H3,(H,20,24)(H,22,23). The van der Waals surface area contributed by atoms with Gasteiger partial charge in [-0.25, -0.2) is 9.18 Å². The van der Waals surface area contributed by atoms with Crippen molar-refractivity contribution in [3.63, 3.8) is 0 Å². The predicted octanol–water partition coefficient (Wildman–Crippen LogP) is 3.21. The molecule has 0 aliphatic heterocycles. The minimum Gasteiger partial charge on any atom is -0.481 e. The first-order chi connectivity index (χ1) is 11.4. The molecule has 2 N–H and O–H groups in total. The minimum absolute atomic E-state index is 0.108. The average Bonchev–Trinajstić information content (AvgIpc) is 2.56. The summed E-state index contributed by atoms with van der Waals surface area (Å²) >= 11 is 0. The van der Waals surface area contributed by atoms with Crippen LogP contribution in [0.5, 0.6) is 0 Å². The fourth-order valence-corrected chi connectivity index (χ4v) is 3.16. The number of halogens is 1. The zero-order valence-corrected chi connectivity index (χ0v) is 14.2. The Morgan fingerprint density at radius 2 is 1.83 bits per heavy atom. The number of nitrogens with zero attached hydrogens (tertiary/aromatic N) is 1. The molecule has 0 spiro atoms. The normalized spacial score (nSPS) is 21.8. The van der Waals surface area contributed by atoms with Gasteiger partial charge in [0, 0.05) is 19.6 Å². The van der Waals surface area contributed by atoms with Gasteiger partial charge in [-0.1, -0.05) is 19.1 Å². The van der Waals surface area contributed by atoms with Gasteiger partial charge in [-0.15, -0.1) is 0 Å². The Hall–Kier alpha value is -2.11. The molecular formula is C18H25FN2O3. The number of nitrogens with one attached hydrogen (secondary N) is 1. The quantitative estimate of drug-likeness (QED) is 0.867. The van der Waals surface area contributed by atoms with Crippen LogP contribution in [-0.4, -0.2) is 41.6 Å². The van der Waals surface area contributed by atoms with E-state index in [-0.39, 0.29) is 24.4 Å². The van der Waals surface area contributed by atoms with Gasteiger partial charge in [0.2, 0.25) is 0 Å². The summed E-state index contributed by atoms with van der Waals surface area (Å²) in [7, 11) is 1.61. The van der Waals surface area contributed by atoms with Gasteiger partial charge in [0.25, 0.3) is 0 Å². The van der Waals surface area contributed by atoms with Gasteiger partial charge >= 0.3 is 12.0 Å². The highest BCUT2D eigenvalue weighted by atomic mass is 19.1. The lowest BCUT2D eigenvalue weighted by atomic mass is 9.82. The highest BCUT2D eigenvalue weighted by Gasteiger charge is 2.25. The van der Waals surface area contributed by atoms with Crippen molar-refractivity contribution in [3.8, 4) is 0 Å². The van der Waals surface area contributed by atoms with Gasteiger partial charge < -0.3 is 15.3 Å². The molecule has 5 nitrogen and oxygen atoms in total. The number of carbonyl (C=O) groups excluding carboxylic acids is 1. The van der Waals surface area contributed by atoms with Crippen LogP contribution >= 0.6 is 0 Å². The molecule has 0 aromatic heterocycles. The van der Waals surface area contributed by atoms with Crippen LogP contribution in [0.1, 0.15) is 44.1 Å². The predicted molar refractivity (Wildman–Crippen MR) is 89.4 cm³/mol. The zero-order valence-electron chi connectivity index (χ0n) is 14.2. The number of amides is 2. The van der Waals surface area contributed by atoms with E-state index in [0.29, 0.717) is 5.92 Å². The number of urea groups is 1. The number of carboxylic acids is 1. The molecule has 1 aromatic carbocycles. The van der Waals surface area contributed by atoms with Gasteiger partial charge in [0.15, 0.2) is 0 Å². The summed E-state index contributed by atoms with van der Waals surface area (Å²) in [6.45, 7) is 1.77. The van der Waals surface area contributed by atoms with Crippen molar-refractivity contribution < 1.29 is 19.1 Å². The summed E-state index contributed by atoms with van der Waals surface area (Å²) < 4.78 is 13.0. The first-order valence-corrected chi connectivity index (χ1v) is 8.36. The van der Waals surface area contributed by atoms with Crippen molar-refractivity contribution in [2.75, 3.05) is 13.6 Å². The second-order valence-electron chi connectivity index (χ2n) is 6.67. The smallest absolute Gasteiger partial charge is 0.317 e. The van der Waals surface area contributed by atoms with E-state index in [1.54, 1.807) is 14.0 Å². The minimum atomic E-state index is -0.908. The number of carbonyl (C=O) groups is 2. The molecule has 1 aliphatic carbocycles. The topological polar surface area (TPSA) is 69.6 Å². The van der Waals surface area contributed by atoms with E-state index in [9.17, 15) is 14.0 Å². The Morgan fingerprint density at radius 1 is 1.25 bits per heavy atom. The Bertz CT molecular complexity index is 568. The molecular weight excluding hydrogens is 311 g/mol. The summed E-state index contributed by atoms with van der Waals surface area (Å²) in [5.74, 6) is -1.31. The molecule has 1 aromatic rings. The number of rotatable bonds is 5. The van der Waals surface area contributed by atoms with Gasteiger partial charge in [0.1, 0.15) is 5.82 Å². The van der Waals surface area contributed by atoms with E-state index >= 15 is 0 Å². The SMILES string of the molecule is CC(CN(C)C(=O)NC1CCC(c2ccc(F)cc2)CC1)C(=O)O. The summed E-state index contributed by atoms with van der Waals surface area (Å²) in [5.41, 5.74) is 1.15. The molecule has 132 valence electrons. The van der Waals surface area contributed by atoms with Crippen LogP contribution < -0.4 is 5.32 Å². The molecule has 1 atom stereocenters. The van der Waals surface area contributed by atoms with Crippen molar-refractivity contribution in [2.24, 2.45) is 5.92 Å². The maximum absolute atomic E-state index is 13.0. The van der Waals surface area contributed by atoms with Crippen LogP contribution in [0.2, 0.25) is 0 Å². The highest BCUT2D eigenvalue weighted by molar-refractivity contribution is 5.76. The fourth-order valence-electron chi connectivity index (χ4n) is 3.16. The number of hydrogen-bond donors (Lipinski definition) is 2. The number of aliphatic carboxylic acids is 1. The van der Waals surface area contributed by atoms with Gasteiger partial charge in [-0.2, -0.15) is 0 Å². The van der Waals surface area contributed by atoms with E-state index in [2.05, 4.69) is 5.32 Å². The molecule has 0 radical (unpaired) electrons. The van der Waals surface area contributed by atoms with E-state index in [1.807, 2.05) is 12.1 Å². The van der Waals surface area contributed by atoms with E-state index in [4.69, 9.17) is 5.11 Å². The van der Waals surface area contributed by atoms with Crippen LogP contribution in [0, 0.1) is 11.7 Å². The first kappa shape index (κ1) is 18.2. The van der Waals surface area contributed by atoms with Crippen LogP contribution in [0.3, 0.4) is 0 Å². The second-order valence-corrected chi connectivity index (χ2v) is 6.67. The van der Waals surface area contributed by atoms with E-state index in [1.165, 1.54) is 17.0 Å². The number of carboxylic acid groups (broad SMARTS) is 1. The first-order valence-electron chi connectivity index (χ1n) is 8.36. The van der Waals surface area contributed by atoms with Crippen LogP contribution in [0.4, 0.5) is 9.18 Å². The lowest BCUT2D eigenvalue weighted by Gasteiger charge is -2.31. The molecule has 2 rings (SSSR count). The maximum Gasteiger partial charge on any atom is 0.317 e. The summed E-state index contributed by atoms with van der Waals surface area (Å²) in [6.07, 6.45) is 3.64. The Morgan fingerprint density at radius 3 is 2.38 bits per heavy atom. The fraction of sp³-hybridized carbons (Fsp3) is 0.556. The third-order valence-electron chi connectivity index (χ3n) is 4.71. The number of benzene rings is 1. The molecule has 1 saturated carbocycles. The lowest BCUT2D eigenvalue weighted by molar-refractivity contribution is -0.141. The third kappa shape index (κ3) is 4.94. The van der Waals surface area contributed by atoms with Crippen molar-refractivity contribution in [3.05, 3.63) is 35.6 Å². The average molecular weight is 336 g/mol. The van der Waals surface area contributed by atoms with Crippen molar-refractivity contribution in [1.29, 1.82) is 0 Å². The summed E-state index contributed by atoms with van der Waals surface area (Å²) in [6, 6.07) is 6.52.